The lowest BCUT2D eigenvalue weighted by Crippen LogP contribution is -2.21. The third-order valence-electron chi connectivity index (χ3n) is 2.63. The first kappa shape index (κ1) is 12.3. The summed E-state index contributed by atoms with van der Waals surface area (Å²) in [4.78, 5) is 27.5. The Balaban J connectivity index is 2.36. The van der Waals surface area contributed by atoms with E-state index in [1.165, 1.54) is 0 Å². The van der Waals surface area contributed by atoms with Gasteiger partial charge in [0.2, 0.25) is 0 Å². The SMILES string of the molecule is CNCCC=Cc1ccc2[nH]c(=O)[nH]c(=O)c2c1. The van der Waals surface area contributed by atoms with E-state index in [1.807, 2.05) is 25.3 Å². The first-order chi connectivity index (χ1) is 8.70. The maximum atomic E-state index is 11.6. The van der Waals surface area contributed by atoms with Crippen LogP contribution >= 0.6 is 0 Å². The lowest BCUT2D eigenvalue weighted by Gasteiger charge is -1.98. The largest absolute Gasteiger partial charge is 0.326 e. The van der Waals surface area contributed by atoms with E-state index < -0.39 is 5.69 Å². The molecule has 2 rings (SSSR count). The van der Waals surface area contributed by atoms with Crippen molar-refractivity contribution in [1.82, 2.24) is 15.3 Å². The summed E-state index contributed by atoms with van der Waals surface area (Å²) in [6.07, 6.45) is 4.93. The number of aromatic nitrogens is 2. The number of hydrogen-bond donors (Lipinski definition) is 3. The highest BCUT2D eigenvalue weighted by atomic mass is 16.2. The minimum atomic E-state index is -0.482. The molecule has 0 bridgehead atoms. The Kier molecular flexibility index (Phi) is 3.74. The quantitative estimate of drug-likeness (QED) is 0.698. The fourth-order valence-corrected chi connectivity index (χ4v) is 1.73. The van der Waals surface area contributed by atoms with Crippen molar-refractivity contribution in [3.8, 4) is 0 Å². The number of hydrogen-bond acceptors (Lipinski definition) is 3. The van der Waals surface area contributed by atoms with Gasteiger partial charge in [0.1, 0.15) is 0 Å². The zero-order chi connectivity index (χ0) is 13.0. The molecule has 0 fully saturated rings. The molecule has 2 aromatic rings. The zero-order valence-corrected chi connectivity index (χ0v) is 10.1. The molecular weight excluding hydrogens is 230 g/mol. The Hall–Kier alpha value is -2.14. The number of rotatable bonds is 4. The summed E-state index contributed by atoms with van der Waals surface area (Å²) in [7, 11) is 1.90. The van der Waals surface area contributed by atoms with E-state index in [1.54, 1.807) is 12.1 Å². The Labute approximate surface area is 104 Å². The Bertz CT molecular complexity index is 682. The van der Waals surface area contributed by atoms with Crippen LogP contribution in [0, 0.1) is 0 Å². The second-order valence-corrected chi connectivity index (χ2v) is 4.01. The van der Waals surface area contributed by atoms with E-state index in [4.69, 9.17) is 0 Å². The molecule has 1 aromatic heterocycles. The van der Waals surface area contributed by atoms with Crippen molar-refractivity contribution < 1.29 is 0 Å². The summed E-state index contributed by atoms with van der Waals surface area (Å²) < 4.78 is 0. The van der Waals surface area contributed by atoms with Gasteiger partial charge in [-0.2, -0.15) is 0 Å². The van der Waals surface area contributed by atoms with Gasteiger partial charge in [0.25, 0.3) is 5.56 Å². The summed E-state index contributed by atoms with van der Waals surface area (Å²) in [6.45, 7) is 0.915. The van der Waals surface area contributed by atoms with Crippen LogP contribution in [0.25, 0.3) is 17.0 Å². The van der Waals surface area contributed by atoms with Gasteiger partial charge in [-0.25, -0.2) is 4.79 Å². The molecule has 5 heteroatoms. The van der Waals surface area contributed by atoms with Gasteiger partial charge in [0, 0.05) is 0 Å². The van der Waals surface area contributed by atoms with Crippen molar-refractivity contribution in [2.45, 2.75) is 6.42 Å². The van der Waals surface area contributed by atoms with Gasteiger partial charge in [-0.1, -0.05) is 18.2 Å². The average Bonchev–Trinajstić information content (AvgIpc) is 2.35. The normalized spacial score (nSPS) is 11.4. The lowest BCUT2D eigenvalue weighted by atomic mass is 10.1. The molecule has 0 saturated heterocycles. The van der Waals surface area contributed by atoms with E-state index in [0.717, 1.165) is 18.5 Å². The summed E-state index contributed by atoms with van der Waals surface area (Å²) in [5, 5.41) is 3.54. The van der Waals surface area contributed by atoms with Crippen LogP contribution in [-0.2, 0) is 0 Å². The third-order valence-corrected chi connectivity index (χ3v) is 2.63. The highest BCUT2D eigenvalue weighted by Gasteiger charge is 2.00. The van der Waals surface area contributed by atoms with Crippen LogP contribution < -0.4 is 16.6 Å². The third kappa shape index (κ3) is 2.75. The average molecular weight is 245 g/mol. The number of aromatic amines is 2. The van der Waals surface area contributed by atoms with E-state index in [0.29, 0.717) is 10.9 Å². The van der Waals surface area contributed by atoms with E-state index in [9.17, 15) is 9.59 Å². The maximum absolute atomic E-state index is 11.6. The molecule has 0 aliphatic carbocycles. The maximum Gasteiger partial charge on any atom is 0.326 e. The number of benzene rings is 1. The Morgan fingerprint density at radius 2 is 2.11 bits per heavy atom. The molecule has 5 nitrogen and oxygen atoms in total. The van der Waals surface area contributed by atoms with Crippen molar-refractivity contribution in [3.05, 3.63) is 50.7 Å². The van der Waals surface area contributed by atoms with Crippen molar-refractivity contribution in [3.63, 3.8) is 0 Å². The van der Waals surface area contributed by atoms with Crippen LogP contribution in [0.5, 0.6) is 0 Å². The summed E-state index contributed by atoms with van der Waals surface area (Å²) in [5.41, 5.74) is 0.649. The summed E-state index contributed by atoms with van der Waals surface area (Å²) in [6, 6.07) is 5.37. The van der Waals surface area contributed by atoms with Crippen molar-refractivity contribution in [2.75, 3.05) is 13.6 Å². The molecular formula is C13H15N3O2. The fourth-order valence-electron chi connectivity index (χ4n) is 1.73. The smallest absolute Gasteiger partial charge is 0.319 e. The molecule has 0 aliphatic rings. The highest BCUT2D eigenvalue weighted by Crippen LogP contribution is 2.10. The van der Waals surface area contributed by atoms with Crippen LogP contribution in [0.2, 0.25) is 0 Å². The Morgan fingerprint density at radius 3 is 2.89 bits per heavy atom. The summed E-state index contributed by atoms with van der Waals surface area (Å²) in [5.74, 6) is 0. The highest BCUT2D eigenvalue weighted by molar-refractivity contribution is 5.80. The number of nitrogens with one attached hydrogen (secondary N) is 3. The molecule has 0 unspecified atom stereocenters. The van der Waals surface area contributed by atoms with E-state index in [2.05, 4.69) is 15.3 Å². The monoisotopic (exact) mass is 245 g/mol. The van der Waals surface area contributed by atoms with Gasteiger partial charge < -0.3 is 10.3 Å². The fraction of sp³-hybridized carbons (Fsp3) is 0.231. The molecule has 1 aromatic carbocycles. The predicted octanol–water partition coefficient (Wildman–Crippen LogP) is 0.839. The van der Waals surface area contributed by atoms with Crippen molar-refractivity contribution >= 4 is 17.0 Å². The van der Waals surface area contributed by atoms with Crippen molar-refractivity contribution in [1.29, 1.82) is 0 Å². The molecule has 0 spiro atoms. The van der Waals surface area contributed by atoms with Crippen LogP contribution in [0.3, 0.4) is 0 Å². The first-order valence-electron chi connectivity index (χ1n) is 5.78. The topological polar surface area (TPSA) is 77.8 Å². The Morgan fingerprint density at radius 1 is 1.28 bits per heavy atom. The second kappa shape index (κ2) is 5.46. The molecule has 0 atom stereocenters. The van der Waals surface area contributed by atoms with Gasteiger partial charge >= 0.3 is 5.69 Å². The molecule has 94 valence electrons. The van der Waals surface area contributed by atoms with Gasteiger partial charge in [-0.15, -0.1) is 0 Å². The number of fused-ring (bicyclic) bond motifs is 1. The minimum absolute atomic E-state index is 0.362. The van der Waals surface area contributed by atoms with Crippen LogP contribution in [-0.4, -0.2) is 23.6 Å². The molecule has 1 heterocycles. The van der Waals surface area contributed by atoms with Gasteiger partial charge in [-0.05, 0) is 37.7 Å². The first-order valence-corrected chi connectivity index (χ1v) is 5.78. The van der Waals surface area contributed by atoms with Crippen LogP contribution in [0.1, 0.15) is 12.0 Å². The van der Waals surface area contributed by atoms with Gasteiger partial charge in [0.15, 0.2) is 0 Å². The molecule has 3 N–H and O–H groups in total. The number of H-pyrrole nitrogens is 2. The zero-order valence-electron chi connectivity index (χ0n) is 10.1. The lowest BCUT2D eigenvalue weighted by molar-refractivity contribution is 0.809. The molecule has 18 heavy (non-hydrogen) atoms. The van der Waals surface area contributed by atoms with Gasteiger partial charge in [0.05, 0.1) is 10.9 Å². The minimum Gasteiger partial charge on any atom is -0.319 e. The van der Waals surface area contributed by atoms with E-state index >= 15 is 0 Å². The second-order valence-electron chi connectivity index (χ2n) is 4.01. The standard InChI is InChI=1S/C13H15N3O2/c1-14-7-3-2-4-9-5-6-11-10(8-9)12(17)16-13(18)15-11/h2,4-6,8,14H,3,7H2,1H3,(H2,15,16,17,18). The molecule has 0 saturated carbocycles. The van der Waals surface area contributed by atoms with Crippen molar-refractivity contribution in [2.24, 2.45) is 0 Å². The molecule has 0 aliphatic heterocycles. The predicted molar refractivity (Wildman–Crippen MR) is 72.8 cm³/mol. The van der Waals surface area contributed by atoms with Crippen LogP contribution in [0.15, 0.2) is 33.9 Å². The van der Waals surface area contributed by atoms with E-state index in [-0.39, 0.29) is 5.56 Å². The summed E-state index contributed by atoms with van der Waals surface area (Å²) >= 11 is 0. The molecule has 0 amide bonds. The van der Waals surface area contributed by atoms with Crippen LogP contribution in [0.4, 0.5) is 0 Å². The molecule has 0 radical (unpaired) electrons. The van der Waals surface area contributed by atoms with Gasteiger partial charge in [-0.3, -0.25) is 9.78 Å².